The van der Waals surface area contributed by atoms with Gasteiger partial charge in [0.05, 0.1) is 0 Å². The van der Waals surface area contributed by atoms with E-state index >= 15 is 0 Å². The Morgan fingerprint density at radius 3 is 2.59 bits per heavy atom. The fourth-order valence-corrected chi connectivity index (χ4v) is 2.52. The molecule has 0 aliphatic rings. The van der Waals surface area contributed by atoms with Gasteiger partial charge in [-0.15, -0.1) is 10.2 Å². The Morgan fingerprint density at radius 1 is 1.23 bits per heavy atom. The first kappa shape index (κ1) is 16.1. The lowest BCUT2D eigenvalue weighted by atomic mass is 10.2. The van der Waals surface area contributed by atoms with Crippen LogP contribution in [0, 0.1) is 0 Å². The molecule has 0 aliphatic heterocycles. The van der Waals surface area contributed by atoms with Crippen LogP contribution < -0.4 is 10.1 Å². The van der Waals surface area contributed by atoms with Crippen molar-refractivity contribution in [2.45, 2.75) is 33.1 Å². The highest BCUT2D eigenvalue weighted by Gasteiger charge is 2.10. The van der Waals surface area contributed by atoms with Gasteiger partial charge in [0.15, 0.2) is 0 Å². The van der Waals surface area contributed by atoms with Gasteiger partial charge < -0.3 is 4.74 Å². The van der Waals surface area contributed by atoms with Crippen molar-refractivity contribution in [1.29, 1.82) is 0 Å². The Kier molecular flexibility index (Phi) is 5.60. The van der Waals surface area contributed by atoms with Crippen LogP contribution in [-0.2, 0) is 11.2 Å². The van der Waals surface area contributed by atoms with Crippen LogP contribution in [0.2, 0.25) is 0 Å². The normalized spacial score (nSPS) is 10.3. The predicted octanol–water partition coefficient (Wildman–Crippen LogP) is 3.06. The van der Waals surface area contributed by atoms with Gasteiger partial charge in [-0.25, -0.2) is 0 Å². The number of esters is 1. The standard InChI is InChI=1S/C15H17N3O3S/c1-3-4-5-13-17-18-15(22-13)16-14(20)11-6-8-12(9-7-11)21-10(2)19/h6-9H,3-5H2,1-2H3,(H,16,18,20). The van der Waals surface area contributed by atoms with Crippen molar-refractivity contribution in [3.05, 3.63) is 34.8 Å². The van der Waals surface area contributed by atoms with Gasteiger partial charge in [-0.2, -0.15) is 0 Å². The smallest absolute Gasteiger partial charge is 0.308 e. The highest BCUT2D eigenvalue weighted by atomic mass is 32.1. The van der Waals surface area contributed by atoms with Crippen LogP contribution in [0.4, 0.5) is 5.13 Å². The van der Waals surface area contributed by atoms with Gasteiger partial charge in [0.1, 0.15) is 10.8 Å². The fourth-order valence-electron chi connectivity index (χ4n) is 1.74. The molecule has 0 spiro atoms. The van der Waals surface area contributed by atoms with Crippen molar-refractivity contribution in [1.82, 2.24) is 10.2 Å². The second-order valence-electron chi connectivity index (χ2n) is 4.68. The summed E-state index contributed by atoms with van der Waals surface area (Å²) in [5.74, 6) is -0.264. The predicted molar refractivity (Wildman–Crippen MR) is 84.2 cm³/mol. The lowest BCUT2D eigenvalue weighted by molar-refractivity contribution is -0.131. The highest BCUT2D eigenvalue weighted by Crippen LogP contribution is 2.19. The summed E-state index contributed by atoms with van der Waals surface area (Å²) < 4.78 is 4.92. The Hall–Kier alpha value is -2.28. The molecule has 1 heterocycles. The number of benzene rings is 1. The zero-order valence-electron chi connectivity index (χ0n) is 12.5. The third-order valence-corrected chi connectivity index (χ3v) is 3.71. The molecule has 2 aromatic rings. The SMILES string of the molecule is CCCCc1nnc(NC(=O)c2ccc(OC(C)=O)cc2)s1. The second-order valence-corrected chi connectivity index (χ2v) is 5.74. The van der Waals surface area contributed by atoms with E-state index in [2.05, 4.69) is 22.4 Å². The van der Waals surface area contributed by atoms with Crippen LogP contribution in [0.15, 0.2) is 24.3 Å². The van der Waals surface area contributed by atoms with Crippen LogP contribution in [0.3, 0.4) is 0 Å². The zero-order valence-corrected chi connectivity index (χ0v) is 13.3. The molecule has 0 saturated carbocycles. The molecule has 1 N–H and O–H groups in total. The van der Waals surface area contributed by atoms with E-state index in [9.17, 15) is 9.59 Å². The molecule has 0 aliphatic carbocycles. The first-order valence-corrected chi connectivity index (χ1v) is 7.82. The Labute approximate surface area is 132 Å². The number of unbranched alkanes of at least 4 members (excludes halogenated alkanes) is 1. The average molecular weight is 319 g/mol. The molecule has 0 bridgehead atoms. The molecule has 1 amide bonds. The van der Waals surface area contributed by atoms with E-state index in [1.165, 1.54) is 18.3 Å². The molecule has 2 rings (SSSR count). The zero-order chi connectivity index (χ0) is 15.9. The van der Waals surface area contributed by atoms with Crippen LogP contribution in [-0.4, -0.2) is 22.1 Å². The number of ether oxygens (including phenoxy) is 1. The summed E-state index contributed by atoms with van der Waals surface area (Å²) in [6.07, 6.45) is 3.03. The summed E-state index contributed by atoms with van der Waals surface area (Å²) in [5.41, 5.74) is 0.459. The monoisotopic (exact) mass is 319 g/mol. The second kappa shape index (κ2) is 7.65. The molecule has 116 valence electrons. The van der Waals surface area contributed by atoms with Crippen molar-refractivity contribution in [3.63, 3.8) is 0 Å². The molecule has 0 fully saturated rings. The Morgan fingerprint density at radius 2 is 1.95 bits per heavy atom. The molecule has 7 heteroatoms. The van der Waals surface area contributed by atoms with Gasteiger partial charge >= 0.3 is 5.97 Å². The van der Waals surface area contributed by atoms with E-state index in [4.69, 9.17) is 4.74 Å². The van der Waals surface area contributed by atoms with E-state index in [1.807, 2.05) is 0 Å². The number of nitrogens with zero attached hydrogens (tertiary/aromatic N) is 2. The number of nitrogens with one attached hydrogen (secondary N) is 1. The first-order valence-electron chi connectivity index (χ1n) is 7.00. The maximum Gasteiger partial charge on any atom is 0.308 e. The summed E-state index contributed by atoms with van der Waals surface area (Å²) in [6.45, 7) is 3.44. The van der Waals surface area contributed by atoms with Crippen molar-refractivity contribution in [2.24, 2.45) is 0 Å². The van der Waals surface area contributed by atoms with Gasteiger partial charge in [0.2, 0.25) is 5.13 Å². The molecule has 0 saturated heterocycles. The summed E-state index contributed by atoms with van der Waals surface area (Å²) >= 11 is 1.38. The summed E-state index contributed by atoms with van der Waals surface area (Å²) in [6, 6.07) is 6.32. The minimum atomic E-state index is -0.398. The molecule has 0 unspecified atom stereocenters. The lowest BCUT2D eigenvalue weighted by Crippen LogP contribution is -2.11. The van der Waals surface area contributed by atoms with Crippen LogP contribution in [0.25, 0.3) is 0 Å². The molecular formula is C15H17N3O3S. The number of hydrogen-bond acceptors (Lipinski definition) is 6. The van der Waals surface area contributed by atoms with Gasteiger partial charge in [-0.1, -0.05) is 24.7 Å². The molecule has 22 heavy (non-hydrogen) atoms. The van der Waals surface area contributed by atoms with Gasteiger partial charge in [0.25, 0.3) is 5.91 Å². The average Bonchev–Trinajstić information content (AvgIpc) is 2.92. The van der Waals surface area contributed by atoms with Gasteiger partial charge in [0, 0.05) is 18.9 Å². The van der Waals surface area contributed by atoms with Gasteiger partial charge in [-0.3, -0.25) is 14.9 Å². The van der Waals surface area contributed by atoms with Crippen molar-refractivity contribution in [3.8, 4) is 5.75 Å². The van der Waals surface area contributed by atoms with E-state index in [1.54, 1.807) is 24.3 Å². The van der Waals surface area contributed by atoms with Crippen molar-refractivity contribution in [2.75, 3.05) is 5.32 Å². The van der Waals surface area contributed by atoms with E-state index < -0.39 is 5.97 Å². The molecule has 1 aromatic heterocycles. The number of aromatic nitrogens is 2. The maximum atomic E-state index is 12.1. The number of anilines is 1. The summed E-state index contributed by atoms with van der Waals surface area (Å²) in [7, 11) is 0. The van der Waals surface area contributed by atoms with Crippen molar-refractivity contribution >= 4 is 28.3 Å². The van der Waals surface area contributed by atoms with E-state index in [0.29, 0.717) is 16.4 Å². The van der Waals surface area contributed by atoms with E-state index in [0.717, 1.165) is 24.3 Å². The first-order chi connectivity index (χ1) is 10.6. The molecule has 0 radical (unpaired) electrons. The summed E-state index contributed by atoms with van der Waals surface area (Å²) in [5, 5.41) is 12.1. The molecule has 0 atom stereocenters. The quantitative estimate of drug-likeness (QED) is 0.653. The Balaban J connectivity index is 1.96. The number of carbonyl (C=O) groups is 2. The molecule has 6 nitrogen and oxygen atoms in total. The van der Waals surface area contributed by atoms with E-state index in [-0.39, 0.29) is 5.91 Å². The third-order valence-electron chi connectivity index (χ3n) is 2.81. The Bertz CT molecular complexity index is 652. The van der Waals surface area contributed by atoms with Crippen LogP contribution >= 0.6 is 11.3 Å². The number of rotatable bonds is 6. The minimum absolute atomic E-state index is 0.271. The fraction of sp³-hybridized carbons (Fsp3) is 0.333. The van der Waals surface area contributed by atoms with Gasteiger partial charge in [-0.05, 0) is 30.7 Å². The van der Waals surface area contributed by atoms with Crippen molar-refractivity contribution < 1.29 is 14.3 Å². The highest BCUT2D eigenvalue weighted by molar-refractivity contribution is 7.15. The topological polar surface area (TPSA) is 81.2 Å². The minimum Gasteiger partial charge on any atom is -0.427 e. The number of aryl methyl sites for hydroxylation is 1. The summed E-state index contributed by atoms with van der Waals surface area (Å²) in [4.78, 5) is 22.9. The lowest BCUT2D eigenvalue weighted by Gasteiger charge is -2.03. The molecular weight excluding hydrogens is 302 g/mol. The maximum absolute atomic E-state index is 12.1. The van der Waals surface area contributed by atoms with Crippen LogP contribution in [0.5, 0.6) is 5.75 Å². The molecule has 1 aromatic carbocycles. The van der Waals surface area contributed by atoms with Crippen LogP contribution in [0.1, 0.15) is 42.1 Å². The number of carbonyl (C=O) groups excluding carboxylic acids is 2. The number of hydrogen-bond donors (Lipinski definition) is 1. The third kappa shape index (κ3) is 4.63. The largest absolute Gasteiger partial charge is 0.427 e. The number of amides is 1.